The quantitative estimate of drug-likeness (QED) is 0.710. The number of carboxylic acids is 1. The molecule has 0 aliphatic rings. The average Bonchev–Trinajstić information content (AvgIpc) is 2.86. The lowest BCUT2D eigenvalue weighted by molar-refractivity contribution is 0.0699. The van der Waals surface area contributed by atoms with Gasteiger partial charge in [-0.05, 0) is 56.3 Å². The smallest absolute Gasteiger partial charge is 0.340 e. The molecular formula is C18H15ClO4. The molecule has 118 valence electrons. The topological polar surface area (TPSA) is 59.7 Å². The van der Waals surface area contributed by atoms with E-state index < -0.39 is 5.97 Å². The molecule has 1 N–H and O–H groups in total. The van der Waals surface area contributed by atoms with Crippen LogP contribution >= 0.6 is 11.6 Å². The van der Waals surface area contributed by atoms with Crippen molar-refractivity contribution in [2.75, 3.05) is 0 Å². The van der Waals surface area contributed by atoms with E-state index in [1.165, 1.54) is 0 Å². The first-order valence-electron chi connectivity index (χ1n) is 7.18. The highest BCUT2D eigenvalue weighted by molar-refractivity contribution is 6.30. The van der Waals surface area contributed by atoms with Gasteiger partial charge in [-0.1, -0.05) is 11.6 Å². The van der Waals surface area contributed by atoms with E-state index in [4.69, 9.17) is 20.8 Å². The highest BCUT2D eigenvalue weighted by Crippen LogP contribution is 2.36. The molecule has 0 radical (unpaired) electrons. The van der Waals surface area contributed by atoms with Crippen molar-refractivity contribution < 1.29 is 19.1 Å². The fourth-order valence-electron chi connectivity index (χ4n) is 2.44. The molecule has 0 aliphatic heterocycles. The lowest BCUT2D eigenvalue weighted by atomic mass is 10.1. The van der Waals surface area contributed by atoms with Crippen LogP contribution in [0.5, 0.6) is 5.75 Å². The van der Waals surface area contributed by atoms with Crippen molar-refractivity contribution in [1.29, 1.82) is 0 Å². The number of rotatable bonds is 4. The molecule has 3 rings (SSSR count). The zero-order valence-electron chi connectivity index (χ0n) is 12.7. The van der Waals surface area contributed by atoms with Gasteiger partial charge in [0.25, 0.3) is 0 Å². The van der Waals surface area contributed by atoms with Gasteiger partial charge in [-0.25, -0.2) is 4.79 Å². The van der Waals surface area contributed by atoms with Crippen LogP contribution in [0.15, 0.2) is 46.9 Å². The molecule has 1 aromatic heterocycles. The van der Waals surface area contributed by atoms with Gasteiger partial charge in [-0.2, -0.15) is 0 Å². The number of carbonyl (C=O) groups is 1. The maximum Gasteiger partial charge on any atom is 0.340 e. The molecule has 5 heteroatoms. The summed E-state index contributed by atoms with van der Waals surface area (Å²) in [4.78, 5) is 11.7. The number of halogens is 1. The Labute approximate surface area is 138 Å². The Morgan fingerprint density at radius 1 is 1.17 bits per heavy atom. The largest absolute Gasteiger partial charge is 0.491 e. The van der Waals surface area contributed by atoms with Gasteiger partial charge in [0.1, 0.15) is 22.7 Å². The van der Waals surface area contributed by atoms with Crippen LogP contribution in [0.4, 0.5) is 0 Å². The fourth-order valence-corrected chi connectivity index (χ4v) is 2.57. The first-order valence-corrected chi connectivity index (χ1v) is 7.56. The summed E-state index contributed by atoms with van der Waals surface area (Å²) < 4.78 is 11.4. The molecular weight excluding hydrogens is 316 g/mol. The van der Waals surface area contributed by atoms with Crippen LogP contribution in [-0.4, -0.2) is 17.2 Å². The molecule has 0 aliphatic carbocycles. The SMILES string of the molecule is CC(C)Oc1ccc2oc(-c3ccc(Cl)cc3)c(C(=O)O)c2c1. The summed E-state index contributed by atoms with van der Waals surface area (Å²) in [5, 5.41) is 10.7. The number of carboxylic acid groups (broad SMARTS) is 1. The van der Waals surface area contributed by atoms with Crippen molar-refractivity contribution in [2.45, 2.75) is 20.0 Å². The van der Waals surface area contributed by atoms with Crippen LogP contribution < -0.4 is 4.74 Å². The summed E-state index contributed by atoms with van der Waals surface area (Å²) in [7, 11) is 0. The second kappa shape index (κ2) is 5.97. The van der Waals surface area contributed by atoms with Crippen LogP contribution in [0.3, 0.4) is 0 Å². The van der Waals surface area contributed by atoms with Crippen molar-refractivity contribution in [3.05, 3.63) is 53.1 Å². The van der Waals surface area contributed by atoms with Crippen LogP contribution in [0, 0.1) is 0 Å². The van der Waals surface area contributed by atoms with Gasteiger partial charge in [0.15, 0.2) is 0 Å². The van der Waals surface area contributed by atoms with E-state index in [2.05, 4.69) is 0 Å². The Hall–Kier alpha value is -2.46. The predicted octanol–water partition coefficient (Wildman–Crippen LogP) is 5.24. The summed E-state index contributed by atoms with van der Waals surface area (Å²) in [6.45, 7) is 3.83. The molecule has 0 atom stereocenters. The van der Waals surface area contributed by atoms with E-state index in [0.717, 1.165) is 0 Å². The number of hydrogen-bond acceptors (Lipinski definition) is 3. The van der Waals surface area contributed by atoms with E-state index in [1.807, 2.05) is 13.8 Å². The zero-order chi connectivity index (χ0) is 16.6. The molecule has 3 aromatic rings. The molecule has 4 nitrogen and oxygen atoms in total. The van der Waals surface area contributed by atoms with Crippen molar-refractivity contribution in [1.82, 2.24) is 0 Å². The van der Waals surface area contributed by atoms with Gasteiger partial charge in [-0.3, -0.25) is 0 Å². The van der Waals surface area contributed by atoms with Crippen molar-refractivity contribution in [2.24, 2.45) is 0 Å². The maximum atomic E-state index is 11.7. The number of furan rings is 1. The summed E-state index contributed by atoms with van der Waals surface area (Å²) in [5.74, 6) is -0.125. The van der Waals surface area contributed by atoms with Crippen LogP contribution in [-0.2, 0) is 0 Å². The summed E-state index contributed by atoms with van der Waals surface area (Å²) >= 11 is 5.89. The number of hydrogen-bond donors (Lipinski definition) is 1. The van der Waals surface area contributed by atoms with E-state index >= 15 is 0 Å². The molecule has 2 aromatic carbocycles. The molecule has 1 heterocycles. The number of fused-ring (bicyclic) bond motifs is 1. The molecule has 0 saturated heterocycles. The number of aromatic carboxylic acids is 1. The Bertz CT molecular complexity index is 863. The van der Waals surface area contributed by atoms with E-state index in [0.29, 0.717) is 33.1 Å². The lowest BCUT2D eigenvalue weighted by Gasteiger charge is -2.09. The minimum Gasteiger partial charge on any atom is -0.491 e. The highest BCUT2D eigenvalue weighted by atomic mass is 35.5. The summed E-state index contributed by atoms with van der Waals surface area (Å²) in [5.41, 5.74) is 1.29. The Kier molecular flexibility index (Phi) is 4.01. The normalized spacial score (nSPS) is 11.1. The van der Waals surface area contributed by atoms with Crippen molar-refractivity contribution in [3.8, 4) is 17.1 Å². The third-order valence-corrected chi connectivity index (χ3v) is 3.60. The predicted molar refractivity (Wildman–Crippen MR) is 89.4 cm³/mol. The van der Waals surface area contributed by atoms with E-state index in [9.17, 15) is 9.90 Å². The van der Waals surface area contributed by atoms with Gasteiger partial charge in [-0.15, -0.1) is 0 Å². The second-order valence-electron chi connectivity index (χ2n) is 5.44. The molecule has 0 amide bonds. The summed E-state index contributed by atoms with van der Waals surface area (Å²) in [6.07, 6.45) is 0.00312. The zero-order valence-corrected chi connectivity index (χ0v) is 13.4. The van der Waals surface area contributed by atoms with Crippen LogP contribution in [0.1, 0.15) is 24.2 Å². The Morgan fingerprint density at radius 3 is 2.48 bits per heavy atom. The van der Waals surface area contributed by atoms with Crippen molar-refractivity contribution in [3.63, 3.8) is 0 Å². The minimum atomic E-state index is -1.05. The van der Waals surface area contributed by atoms with Crippen LogP contribution in [0.2, 0.25) is 5.02 Å². The molecule has 23 heavy (non-hydrogen) atoms. The average molecular weight is 331 g/mol. The molecule has 0 saturated carbocycles. The maximum absolute atomic E-state index is 11.7. The third-order valence-electron chi connectivity index (χ3n) is 3.35. The van der Waals surface area contributed by atoms with E-state index in [-0.39, 0.29) is 11.7 Å². The minimum absolute atomic E-state index is 0.00312. The van der Waals surface area contributed by atoms with Crippen LogP contribution in [0.25, 0.3) is 22.3 Å². The van der Waals surface area contributed by atoms with Crippen molar-refractivity contribution >= 4 is 28.5 Å². The van der Waals surface area contributed by atoms with Gasteiger partial charge in [0.2, 0.25) is 0 Å². The number of benzene rings is 2. The van der Waals surface area contributed by atoms with E-state index in [1.54, 1.807) is 42.5 Å². The van der Waals surface area contributed by atoms with Gasteiger partial charge in [0.05, 0.1) is 6.10 Å². The molecule has 0 fully saturated rings. The second-order valence-corrected chi connectivity index (χ2v) is 5.88. The molecule has 0 unspecified atom stereocenters. The number of ether oxygens (including phenoxy) is 1. The Morgan fingerprint density at radius 2 is 1.87 bits per heavy atom. The van der Waals surface area contributed by atoms with Gasteiger partial charge >= 0.3 is 5.97 Å². The van der Waals surface area contributed by atoms with Gasteiger partial charge in [0, 0.05) is 16.0 Å². The Balaban J connectivity index is 2.20. The molecule has 0 spiro atoms. The lowest BCUT2D eigenvalue weighted by Crippen LogP contribution is -2.05. The first kappa shape index (κ1) is 15.4. The van der Waals surface area contributed by atoms with Gasteiger partial charge < -0.3 is 14.3 Å². The third kappa shape index (κ3) is 3.03. The standard InChI is InChI=1S/C18H15ClO4/c1-10(2)22-13-7-8-15-14(9-13)16(18(20)21)17(23-15)11-3-5-12(19)6-4-11/h3-10H,1-2H3,(H,20,21). The summed E-state index contributed by atoms with van der Waals surface area (Å²) in [6, 6.07) is 12.0. The molecule has 0 bridgehead atoms. The monoisotopic (exact) mass is 330 g/mol. The fraction of sp³-hybridized carbons (Fsp3) is 0.167. The first-order chi connectivity index (χ1) is 11.0. The highest BCUT2D eigenvalue weighted by Gasteiger charge is 2.22.